The largest absolute Gasteiger partial charge is 0.504 e. The van der Waals surface area contributed by atoms with Gasteiger partial charge in [0.25, 0.3) is 5.91 Å². The second-order valence-corrected chi connectivity index (χ2v) is 7.52. The highest BCUT2D eigenvalue weighted by molar-refractivity contribution is 7.91. The van der Waals surface area contributed by atoms with Crippen LogP contribution < -0.4 is 5.32 Å². The average molecular weight is 389 g/mol. The molecule has 0 heterocycles. The van der Waals surface area contributed by atoms with E-state index in [0.717, 1.165) is 30.3 Å². The Hall–Kier alpha value is -3.26. The van der Waals surface area contributed by atoms with E-state index in [9.17, 15) is 27.1 Å². The van der Waals surface area contributed by atoms with Gasteiger partial charge in [-0.2, -0.15) is 0 Å². The first-order valence-electron chi connectivity index (χ1n) is 7.68. The molecule has 1 amide bonds. The van der Waals surface area contributed by atoms with Crippen LogP contribution in [-0.2, 0) is 9.84 Å². The van der Waals surface area contributed by atoms with E-state index in [-0.39, 0.29) is 21.0 Å². The highest BCUT2D eigenvalue weighted by Gasteiger charge is 2.18. The van der Waals surface area contributed by atoms with E-state index in [1.54, 1.807) is 0 Å². The van der Waals surface area contributed by atoms with Gasteiger partial charge in [0.1, 0.15) is 5.82 Å². The van der Waals surface area contributed by atoms with Crippen molar-refractivity contribution in [1.82, 2.24) is 0 Å². The van der Waals surface area contributed by atoms with Crippen LogP contribution in [0.25, 0.3) is 0 Å². The van der Waals surface area contributed by atoms with Crippen molar-refractivity contribution in [2.75, 3.05) is 5.32 Å². The Labute approximate surface area is 153 Å². The molecule has 3 aromatic rings. The van der Waals surface area contributed by atoms with Crippen LogP contribution in [0.15, 0.2) is 76.5 Å². The topological polar surface area (TPSA) is 83.5 Å². The molecule has 0 aliphatic rings. The van der Waals surface area contributed by atoms with Gasteiger partial charge in [-0.1, -0.05) is 6.07 Å². The van der Waals surface area contributed by atoms with Gasteiger partial charge in [0.2, 0.25) is 9.84 Å². The Kier molecular flexibility index (Phi) is 4.91. The van der Waals surface area contributed by atoms with E-state index in [2.05, 4.69) is 5.32 Å². The molecule has 0 atom stereocenters. The number of amides is 1. The summed E-state index contributed by atoms with van der Waals surface area (Å²) in [6.07, 6.45) is 0. The predicted octanol–water partition coefficient (Wildman–Crippen LogP) is 3.76. The highest BCUT2D eigenvalue weighted by atomic mass is 32.2. The molecule has 0 saturated heterocycles. The summed E-state index contributed by atoms with van der Waals surface area (Å²) in [5.74, 6) is -3.00. The van der Waals surface area contributed by atoms with Gasteiger partial charge in [0.05, 0.1) is 15.4 Å². The summed E-state index contributed by atoms with van der Waals surface area (Å²) in [7, 11) is -3.83. The quantitative estimate of drug-likeness (QED) is 0.666. The molecule has 27 heavy (non-hydrogen) atoms. The van der Waals surface area contributed by atoms with Crippen LogP contribution in [0.5, 0.6) is 5.75 Å². The lowest BCUT2D eigenvalue weighted by Crippen LogP contribution is -2.12. The minimum Gasteiger partial charge on any atom is -0.504 e. The van der Waals surface area contributed by atoms with Crippen molar-refractivity contribution in [2.45, 2.75) is 9.79 Å². The molecule has 0 saturated carbocycles. The maximum atomic E-state index is 13.3. The SMILES string of the molecule is O=C(Nc1ccc(S(=O)(=O)c2ccc(F)cc2)cc1)c1cccc(F)c1O. The summed E-state index contributed by atoms with van der Waals surface area (Å²) in [5.41, 5.74) is -0.000252. The van der Waals surface area contributed by atoms with Crippen molar-refractivity contribution < 1.29 is 27.1 Å². The third-order valence-electron chi connectivity index (χ3n) is 3.78. The Morgan fingerprint density at radius 2 is 1.41 bits per heavy atom. The first-order valence-corrected chi connectivity index (χ1v) is 9.17. The molecule has 0 fully saturated rings. The number of hydrogen-bond donors (Lipinski definition) is 2. The summed E-state index contributed by atoms with van der Waals surface area (Å²) in [5, 5.41) is 12.0. The normalized spacial score (nSPS) is 11.2. The molecule has 0 spiro atoms. The number of hydrogen-bond acceptors (Lipinski definition) is 4. The van der Waals surface area contributed by atoms with E-state index >= 15 is 0 Å². The molecule has 0 radical (unpaired) electrons. The zero-order valence-electron chi connectivity index (χ0n) is 13.7. The van der Waals surface area contributed by atoms with Gasteiger partial charge >= 0.3 is 0 Å². The van der Waals surface area contributed by atoms with Crippen molar-refractivity contribution in [3.8, 4) is 5.75 Å². The molecule has 0 bridgehead atoms. The fourth-order valence-corrected chi connectivity index (χ4v) is 3.63. The zero-order valence-corrected chi connectivity index (χ0v) is 14.5. The van der Waals surface area contributed by atoms with Crippen LogP contribution in [0.3, 0.4) is 0 Å². The van der Waals surface area contributed by atoms with Crippen LogP contribution in [-0.4, -0.2) is 19.4 Å². The summed E-state index contributed by atoms with van der Waals surface area (Å²) < 4.78 is 51.3. The molecule has 2 N–H and O–H groups in total. The number of halogens is 2. The van der Waals surface area contributed by atoms with Gasteiger partial charge in [-0.05, 0) is 60.7 Å². The average Bonchev–Trinajstić information content (AvgIpc) is 2.64. The zero-order chi connectivity index (χ0) is 19.6. The second kappa shape index (κ2) is 7.16. The van der Waals surface area contributed by atoms with E-state index < -0.39 is 33.1 Å². The van der Waals surface area contributed by atoms with Gasteiger partial charge < -0.3 is 10.4 Å². The fourth-order valence-electron chi connectivity index (χ4n) is 2.36. The van der Waals surface area contributed by atoms with Crippen molar-refractivity contribution in [3.63, 3.8) is 0 Å². The molecule has 8 heteroatoms. The highest BCUT2D eigenvalue weighted by Crippen LogP contribution is 2.24. The maximum Gasteiger partial charge on any atom is 0.259 e. The molecule has 0 aromatic heterocycles. The predicted molar refractivity (Wildman–Crippen MR) is 94.3 cm³/mol. The number of para-hydroxylation sites is 1. The fraction of sp³-hybridized carbons (Fsp3) is 0. The summed E-state index contributed by atoms with van der Waals surface area (Å²) in [6.45, 7) is 0. The lowest BCUT2D eigenvalue weighted by atomic mass is 10.1. The van der Waals surface area contributed by atoms with Crippen LogP contribution in [0.1, 0.15) is 10.4 Å². The number of carbonyl (C=O) groups excluding carboxylic acids is 1. The van der Waals surface area contributed by atoms with Gasteiger partial charge in [-0.3, -0.25) is 4.79 Å². The van der Waals surface area contributed by atoms with Crippen LogP contribution >= 0.6 is 0 Å². The molecule has 3 rings (SSSR count). The van der Waals surface area contributed by atoms with Crippen LogP contribution in [0.4, 0.5) is 14.5 Å². The van der Waals surface area contributed by atoms with E-state index in [4.69, 9.17) is 0 Å². The lowest BCUT2D eigenvalue weighted by Gasteiger charge is -2.09. The van der Waals surface area contributed by atoms with Crippen molar-refractivity contribution in [1.29, 1.82) is 0 Å². The molecule has 0 aliphatic heterocycles. The smallest absolute Gasteiger partial charge is 0.259 e. The molecular formula is C19H13F2NO4S. The Bertz CT molecular complexity index is 1100. The first kappa shape index (κ1) is 18.5. The molecule has 3 aromatic carbocycles. The van der Waals surface area contributed by atoms with Crippen LogP contribution in [0.2, 0.25) is 0 Å². The van der Waals surface area contributed by atoms with Crippen molar-refractivity contribution in [2.24, 2.45) is 0 Å². The minimum atomic E-state index is -3.83. The van der Waals surface area contributed by atoms with E-state index in [1.165, 1.54) is 36.4 Å². The van der Waals surface area contributed by atoms with Crippen molar-refractivity contribution in [3.05, 3.63) is 83.9 Å². The summed E-state index contributed by atoms with van der Waals surface area (Å²) in [6, 6.07) is 13.2. The number of nitrogens with one attached hydrogen (secondary N) is 1. The summed E-state index contributed by atoms with van der Waals surface area (Å²) in [4.78, 5) is 12.0. The van der Waals surface area contributed by atoms with Crippen molar-refractivity contribution >= 4 is 21.4 Å². The Balaban J connectivity index is 1.82. The van der Waals surface area contributed by atoms with E-state index in [1.807, 2.05) is 0 Å². The van der Waals surface area contributed by atoms with Gasteiger partial charge in [0.15, 0.2) is 11.6 Å². The number of rotatable bonds is 4. The van der Waals surface area contributed by atoms with Gasteiger partial charge in [-0.15, -0.1) is 0 Å². The second-order valence-electron chi connectivity index (χ2n) is 5.57. The maximum absolute atomic E-state index is 13.3. The minimum absolute atomic E-state index is 0.0410. The molecule has 5 nitrogen and oxygen atoms in total. The van der Waals surface area contributed by atoms with Crippen LogP contribution in [0, 0.1) is 11.6 Å². The third kappa shape index (κ3) is 3.80. The van der Waals surface area contributed by atoms with E-state index in [0.29, 0.717) is 0 Å². The third-order valence-corrected chi connectivity index (χ3v) is 5.56. The van der Waals surface area contributed by atoms with Gasteiger partial charge in [-0.25, -0.2) is 17.2 Å². The standard InChI is InChI=1S/C19H13F2NO4S/c20-12-4-8-14(9-5-12)27(25,26)15-10-6-13(7-11-15)22-19(24)16-2-1-3-17(21)18(16)23/h1-11,23H,(H,22,24). The Morgan fingerprint density at radius 1 is 0.852 bits per heavy atom. The lowest BCUT2D eigenvalue weighted by molar-refractivity contribution is 0.102. The number of aromatic hydroxyl groups is 1. The number of phenols is 1. The number of benzene rings is 3. The molecular weight excluding hydrogens is 376 g/mol. The number of carbonyl (C=O) groups is 1. The monoisotopic (exact) mass is 389 g/mol. The molecule has 138 valence electrons. The number of sulfone groups is 1. The Morgan fingerprint density at radius 3 is 2.00 bits per heavy atom. The first-order chi connectivity index (χ1) is 12.8. The molecule has 0 unspecified atom stereocenters. The molecule has 0 aliphatic carbocycles. The number of phenolic OH excluding ortho intramolecular Hbond substituents is 1. The number of anilines is 1. The van der Waals surface area contributed by atoms with Gasteiger partial charge in [0, 0.05) is 5.69 Å². The summed E-state index contributed by atoms with van der Waals surface area (Å²) >= 11 is 0.